The molecule has 0 fully saturated rings. The number of benzene rings is 2. The topological polar surface area (TPSA) is 103 Å². The molecule has 4 rings (SSSR count). The first-order chi connectivity index (χ1) is 16.0. The molecule has 0 atom stereocenters. The highest BCUT2D eigenvalue weighted by molar-refractivity contribution is 7.13. The van der Waals surface area contributed by atoms with Crippen molar-refractivity contribution >= 4 is 27.6 Å². The van der Waals surface area contributed by atoms with Gasteiger partial charge in [0, 0.05) is 25.4 Å². The van der Waals surface area contributed by atoms with Crippen molar-refractivity contribution in [1.29, 1.82) is 0 Å². The number of aliphatic hydroxyl groups is 1. The van der Waals surface area contributed by atoms with Crippen LogP contribution in [-0.2, 0) is 24.6 Å². The molecule has 12 heteroatoms. The summed E-state index contributed by atoms with van der Waals surface area (Å²) in [6.45, 7) is 1.05. The van der Waals surface area contributed by atoms with Crippen LogP contribution in [0.1, 0.15) is 18.3 Å². The molecule has 34 heavy (non-hydrogen) atoms. The molecular formula is C22H18F3N3O5S. The molecule has 178 valence electrons. The summed E-state index contributed by atoms with van der Waals surface area (Å²) >= 11 is 1.13. The van der Waals surface area contributed by atoms with Crippen molar-refractivity contribution in [2.75, 3.05) is 0 Å². The summed E-state index contributed by atoms with van der Waals surface area (Å²) < 4.78 is 49.1. The molecule has 2 heterocycles. The Bertz CT molecular complexity index is 1440. The molecule has 2 aromatic heterocycles. The highest BCUT2D eigenvalue weighted by atomic mass is 32.1. The second-order valence-corrected chi connectivity index (χ2v) is 7.72. The summed E-state index contributed by atoms with van der Waals surface area (Å²) in [5, 5.41) is 9.79. The third-order valence-electron chi connectivity index (χ3n) is 4.55. The number of halogens is 3. The summed E-state index contributed by atoms with van der Waals surface area (Å²) in [6, 6.07) is 13.8. The predicted octanol–water partition coefficient (Wildman–Crippen LogP) is 3.27. The van der Waals surface area contributed by atoms with Gasteiger partial charge >= 0.3 is 17.8 Å². The van der Waals surface area contributed by atoms with Crippen LogP contribution >= 0.6 is 11.5 Å². The SMILES string of the molecule is CC(=O)Oc1ccccc1.Cn1c(C(F)(F)F)cc(=O)n(-c2ccc3snc(CO)c3c2)c1=O. The molecule has 4 aromatic rings. The monoisotopic (exact) mass is 493 g/mol. The minimum atomic E-state index is -4.81. The zero-order valence-corrected chi connectivity index (χ0v) is 18.7. The van der Waals surface area contributed by atoms with E-state index in [0.717, 1.165) is 23.3 Å². The molecule has 2 aromatic carbocycles. The van der Waals surface area contributed by atoms with Crippen LogP contribution < -0.4 is 16.0 Å². The fourth-order valence-corrected chi connectivity index (χ4v) is 3.79. The third-order valence-corrected chi connectivity index (χ3v) is 5.42. The van der Waals surface area contributed by atoms with E-state index in [9.17, 15) is 32.7 Å². The van der Waals surface area contributed by atoms with Crippen LogP contribution in [0.5, 0.6) is 5.75 Å². The largest absolute Gasteiger partial charge is 0.431 e. The van der Waals surface area contributed by atoms with E-state index in [1.807, 2.05) is 18.2 Å². The van der Waals surface area contributed by atoms with Crippen molar-refractivity contribution < 1.29 is 27.8 Å². The Labute approximate surface area is 194 Å². The Morgan fingerprint density at radius 3 is 2.38 bits per heavy atom. The molecule has 0 bridgehead atoms. The lowest BCUT2D eigenvalue weighted by Crippen LogP contribution is -2.40. The number of fused-ring (bicyclic) bond motifs is 1. The van der Waals surface area contributed by atoms with Gasteiger partial charge in [-0.25, -0.2) is 9.36 Å². The summed E-state index contributed by atoms with van der Waals surface area (Å²) in [6.07, 6.45) is -4.81. The van der Waals surface area contributed by atoms with Crippen molar-refractivity contribution in [3.8, 4) is 11.4 Å². The number of carbonyl (C=O) groups is 1. The number of nitrogens with zero attached hydrogens (tertiary/aromatic N) is 3. The number of hydrogen-bond acceptors (Lipinski definition) is 7. The molecule has 1 N–H and O–H groups in total. The smallest absolute Gasteiger partial charge is 0.427 e. The van der Waals surface area contributed by atoms with E-state index in [-0.39, 0.29) is 18.3 Å². The second-order valence-electron chi connectivity index (χ2n) is 6.92. The van der Waals surface area contributed by atoms with E-state index in [4.69, 9.17) is 4.74 Å². The molecule has 0 spiro atoms. The Kier molecular flexibility index (Phi) is 7.32. The number of esters is 1. The lowest BCUT2D eigenvalue weighted by Gasteiger charge is -2.13. The average Bonchev–Trinajstić information content (AvgIpc) is 3.19. The van der Waals surface area contributed by atoms with Crippen molar-refractivity contribution in [2.45, 2.75) is 19.7 Å². The number of rotatable bonds is 3. The van der Waals surface area contributed by atoms with Crippen LogP contribution in [0.3, 0.4) is 0 Å². The van der Waals surface area contributed by atoms with E-state index in [1.54, 1.807) is 18.2 Å². The molecule has 0 aliphatic carbocycles. The van der Waals surface area contributed by atoms with Crippen molar-refractivity contribution in [3.05, 3.63) is 86.8 Å². The van der Waals surface area contributed by atoms with Gasteiger partial charge in [0.25, 0.3) is 5.56 Å². The molecule has 0 amide bonds. The van der Waals surface area contributed by atoms with E-state index in [1.165, 1.54) is 19.1 Å². The maximum absolute atomic E-state index is 12.9. The summed E-state index contributed by atoms with van der Waals surface area (Å²) in [5.74, 6) is 0.307. The van der Waals surface area contributed by atoms with E-state index < -0.39 is 23.1 Å². The first-order valence-electron chi connectivity index (χ1n) is 9.66. The van der Waals surface area contributed by atoms with Gasteiger partial charge < -0.3 is 9.84 Å². The van der Waals surface area contributed by atoms with Crippen LogP contribution in [0.2, 0.25) is 0 Å². The van der Waals surface area contributed by atoms with Crippen LogP contribution in [0.4, 0.5) is 13.2 Å². The Balaban J connectivity index is 0.000000271. The van der Waals surface area contributed by atoms with Gasteiger partial charge in [0.1, 0.15) is 11.4 Å². The molecular weight excluding hydrogens is 475 g/mol. The summed E-state index contributed by atoms with van der Waals surface area (Å²) in [5.41, 5.74) is -3.03. The maximum Gasteiger partial charge on any atom is 0.431 e. The van der Waals surface area contributed by atoms with Crippen LogP contribution in [-0.4, -0.2) is 24.6 Å². The van der Waals surface area contributed by atoms with Crippen LogP contribution in [0, 0.1) is 0 Å². The van der Waals surface area contributed by atoms with Crippen molar-refractivity contribution in [3.63, 3.8) is 0 Å². The summed E-state index contributed by atoms with van der Waals surface area (Å²) in [4.78, 5) is 34.7. The molecule has 0 aliphatic heterocycles. The van der Waals surface area contributed by atoms with Gasteiger partial charge in [-0.05, 0) is 41.9 Å². The second kappa shape index (κ2) is 10.0. The predicted molar refractivity (Wildman–Crippen MR) is 119 cm³/mol. The van der Waals surface area contributed by atoms with Gasteiger partial charge in [0.15, 0.2) is 0 Å². The molecule has 8 nitrogen and oxygen atoms in total. The number of ether oxygens (including phenoxy) is 1. The summed E-state index contributed by atoms with van der Waals surface area (Å²) in [7, 11) is 0.949. The third kappa shape index (κ3) is 5.41. The molecule has 0 saturated carbocycles. The van der Waals surface area contributed by atoms with Gasteiger partial charge in [-0.1, -0.05) is 18.2 Å². The van der Waals surface area contributed by atoms with Gasteiger partial charge in [0.05, 0.1) is 22.7 Å². The lowest BCUT2D eigenvalue weighted by molar-refractivity contribution is -0.144. The normalized spacial score (nSPS) is 11.1. The number of aromatic nitrogens is 3. The number of hydrogen-bond donors (Lipinski definition) is 1. The lowest BCUT2D eigenvalue weighted by atomic mass is 10.2. The number of aliphatic hydroxyl groups excluding tert-OH is 1. The van der Waals surface area contributed by atoms with E-state index in [0.29, 0.717) is 32.0 Å². The van der Waals surface area contributed by atoms with Crippen LogP contribution in [0.15, 0.2) is 64.2 Å². The maximum atomic E-state index is 12.9. The van der Waals surface area contributed by atoms with E-state index in [2.05, 4.69) is 4.37 Å². The Morgan fingerprint density at radius 2 is 1.79 bits per heavy atom. The van der Waals surface area contributed by atoms with Gasteiger partial charge in [-0.2, -0.15) is 17.5 Å². The van der Waals surface area contributed by atoms with E-state index >= 15 is 0 Å². The zero-order chi connectivity index (χ0) is 25.0. The number of alkyl halides is 3. The van der Waals surface area contributed by atoms with Crippen LogP contribution in [0.25, 0.3) is 15.8 Å². The molecule has 0 aliphatic rings. The van der Waals surface area contributed by atoms with Gasteiger partial charge in [0.2, 0.25) is 0 Å². The molecule has 0 saturated heterocycles. The Hall–Kier alpha value is -3.77. The minimum absolute atomic E-state index is 0.108. The number of carbonyl (C=O) groups excluding carboxylic acids is 1. The quantitative estimate of drug-likeness (QED) is 0.347. The fourth-order valence-electron chi connectivity index (χ4n) is 3.02. The van der Waals surface area contributed by atoms with Crippen molar-refractivity contribution in [2.24, 2.45) is 7.05 Å². The molecule has 0 unspecified atom stereocenters. The highest BCUT2D eigenvalue weighted by Gasteiger charge is 2.35. The highest BCUT2D eigenvalue weighted by Crippen LogP contribution is 2.28. The zero-order valence-electron chi connectivity index (χ0n) is 17.9. The number of para-hydroxylation sites is 1. The fraction of sp³-hybridized carbons (Fsp3) is 0.182. The first kappa shape index (κ1) is 24.9. The first-order valence-corrected chi connectivity index (χ1v) is 10.4. The van der Waals surface area contributed by atoms with Gasteiger partial charge in [-0.3, -0.25) is 14.2 Å². The van der Waals surface area contributed by atoms with Crippen molar-refractivity contribution in [1.82, 2.24) is 13.5 Å². The Morgan fingerprint density at radius 1 is 1.12 bits per heavy atom. The standard InChI is InChI=1S/C14H10F3N3O3S.C8H8O2/c1-19-11(14(15,16)17)5-12(22)20(13(19)23)7-2-3-10-8(4-7)9(6-21)18-24-10;1-7(9)10-8-5-3-2-4-6-8/h2-5,21H,6H2,1H3;2-6H,1H3. The van der Waals surface area contributed by atoms with Gasteiger partial charge in [-0.15, -0.1) is 0 Å². The average molecular weight is 493 g/mol. The molecule has 0 radical (unpaired) electrons. The minimum Gasteiger partial charge on any atom is -0.427 e.